The van der Waals surface area contributed by atoms with Crippen molar-refractivity contribution in [1.29, 1.82) is 5.39 Å². The number of halogens is 1. The standard InChI is InChI=1S/C9H11N4O2S.ClH/c1-12-6-7-13(16(12,14)15)9-4-2-8(11-10)3-5-9;/h2-5H,6-7H2,1H3;1H/q+1;/p-1. The predicted octanol–water partition coefficient (Wildman–Crippen LogP) is -1.83. The molecule has 8 heteroatoms. The molecule has 1 saturated heterocycles. The van der Waals surface area contributed by atoms with Crippen molar-refractivity contribution >= 4 is 21.6 Å². The fraction of sp³-hybridized carbons (Fsp3) is 0.333. The molecule has 1 aliphatic rings. The van der Waals surface area contributed by atoms with Gasteiger partial charge in [0.1, 0.15) is 0 Å². The lowest BCUT2D eigenvalue weighted by Crippen LogP contribution is -3.00. The molecule has 17 heavy (non-hydrogen) atoms. The highest BCUT2D eigenvalue weighted by molar-refractivity contribution is 7.90. The smallest absolute Gasteiger partial charge is 0.385 e. The van der Waals surface area contributed by atoms with Gasteiger partial charge in [-0.1, -0.05) is 0 Å². The third-order valence-electron chi connectivity index (χ3n) is 2.54. The molecule has 0 aromatic heterocycles. The van der Waals surface area contributed by atoms with Crippen LogP contribution in [0, 0.1) is 5.39 Å². The zero-order valence-corrected chi connectivity index (χ0v) is 10.7. The van der Waals surface area contributed by atoms with E-state index in [-0.39, 0.29) is 12.4 Å². The molecule has 1 fully saturated rings. The first-order valence-electron chi connectivity index (χ1n) is 4.75. The van der Waals surface area contributed by atoms with Gasteiger partial charge in [0, 0.05) is 32.3 Å². The van der Waals surface area contributed by atoms with Gasteiger partial charge in [-0.3, -0.25) is 4.31 Å². The maximum atomic E-state index is 11.8. The summed E-state index contributed by atoms with van der Waals surface area (Å²) in [6.45, 7) is 0.920. The Labute approximate surface area is 106 Å². The van der Waals surface area contributed by atoms with Gasteiger partial charge < -0.3 is 12.4 Å². The van der Waals surface area contributed by atoms with Crippen LogP contribution in [0.15, 0.2) is 24.3 Å². The van der Waals surface area contributed by atoms with E-state index < -0.39 is 10.2 Å². The normalized spacial score (nSPS) is 18.5. The number of likely N-dealkylation sites (N-methyl/N-ethyl adjacent to an activating group) is 1. The van der Waals surface area contributed by atoms with Crippen molar-refractivity contribution in [2.75, 3.05) is 24.4 Å². The monoisotopic (exact) mass is 274 g/mol. The van der Waals surface area contributed by atoms with Gasteiger partial charge in [-0.2, -0.15) is 12.7 Å². The van der Waals surface area contributed by atoms with E-state index in [4.69, 9.17) is 5.39 Å². The van der Waals surface area contributed by atoms with E-state index in [0.717, 1.165) is 0 Å². The SMILES string of the molecule is CN1CCN(c2ccc([N+]#N)cc2)S1(=O)=O.[Cl-]. The predicted molar refractivity (Wildman–Crippen MR) is 60.1 cm³/mol. The summed E-state index contributed by atoms with van der Waals surface area (Å²) in [5.41, 5.74) is 0.977. The summed E-state index contributed by atoms with van der Waals surface area (Å²) in [4.78, 5) is 3.01. The minimum Gasteiger partial charge on any atom is -1.00 e. The Morgan fingerprint density at radius 2 is 1.82 bits per heavy atom. The zero-order chi connectivity index (χ0) is 11.8. The average Bonchev–Trinajstić information content (AvgIpc) is 2.54. The molecule has 0 N–H and O–H groups in total. The fourth-order valence-corrected chi connectivity index (χ4v) is 2.93. The highest BCUT2D eigenvalue weighted by Gasteiger charge is 2.33. The number of nitrogens with zero attached hydrogens (tertiary/aromatic N) is 4. The molecule has 1 aromatic carbocycles. The summed E-state index contributed by atoms with van der Waals surface area (Å²) in [5, 5.41) is 8.52. The Bertz CT molecular complexity index is 537. The summed E-state index contributed by atoms with van der Waals surface area (Å²) in [5.74, 6) is 0. The lowest BCUT2D eigenvalue weighted by molar-refractivity contribution is -0.00000592. The fourth-order valence-electron chi connectivity index (χ4n) is 1.58. The number of diazo groups is 1. The molecule has 1 aliphatic heterocycles. The van der Waals surface area contributed by atoms with Gasteiger partial charge in [-0.25, -0.2) is 0 Å². The van der Waals surface area contributed by atoms with Crippen molar-refractivity contribution in [3.05, 3.63) is 29.2 Å². The highest BCUT2D eigenvalue weighted by Crippen LogP contribution is 2.26. The first kappa shape index (κ1) is 13.7. The van der Waals surface area contributed by atoms with Crippen LogP contribution in [0.1, 0.15) is 0 Å². The Kier molecular flexibility index (Phi) is 3.93. The van der Waals surface area contributed by atoms with Crippen LogP contribution in [0.2, 0.25) is 0 Å². The molecule has 1 heterocycles. The second kappa shape index (κ2) is 4.87. The summed E-state index contributed by atoms with van der Waals surface area (Å²) >= 11 is 0. The van der Waals surface area contributed by atoms with Crippen LogP contribution in [0.3, 0.4) is 0 Å². The van der Waals surface area contributed by atoms with Gasteiger partial charge in [-0.05, 0) is 12.1 Å². The second-order valence-corrected chi connectivity index (χ2v) is 5.48. The molecule has 0 saturated carbocycles. The van der Waals surface area contributed by atoms with Crippen LogP contribution >= 0.6 is 0 Å². The highest BCUT2D eigenvalue weighted by atomic mass is 35.5. The minimum absolute atomic E-state index is 0. The number of hydrogen-bond acceptors (Lipinski definition) is 3. The molecule has 92 valence electrons. The Morgan fingerprint density at radius 3 is 2.24 bits per heavy atom. The molecule has 0 aliphatic carbocycles. The van der Waals surface area contributed by atoms with Crippen LogP contribution in [-0.2, 0) is 10.2 Å². The van der Waals surface area contributed by atoms with Gasteiger partial charge >= 0.3 is 15.9 Å². The molecule has 2 rings (SSSR count). The molecule has 0 unspecified atom stereocenters. The van der Waals surface area contributed by atoms with E-state index in [2.05, 4.69) is 4.98 Å². The molecule has 0 radical (unpaired) electrons. The quantitative estimate of drug-likeness (QED) is 0.566. The van der Waals surface area contributed by atoms with Gasteiger partial charge in [0.2, 0.25) is 5.39 Å². The summed E-state index contributed by atoms with van der Waals surface area (Å²) in [7, 11) is -1.82. The maximum absolute atomic E-state index is 11.8. The number of rotatable bonds is 1. The van der Waals surface area contributed by atoms with Crippen molar-refractivity contribution in [2.24, 2.45) is 0 Å². The summed E-state index contributed by atoms with van der Waals surface area (Å²) in [6, 6.07) is 6.35. The molecule has 0 spiro atoms. The van der Waals surface area contributed by atoms with Gasteiger partial charge in [-0.15, -0.1) is 0 Å². The van der Waals surface area contributed by atoms with E-state index >= 15 is 0 Å². The Morgan fingerprint density at radius 1 is 1.24 bits per heavy atom. The minimum atomic E-state index is -3.36. The molecule has 0 bridgehead atoms. The lowest BCUT2D eigenvalue weighted by atomic mass is 10.3. The average molecular weight is 275 g/mol. The molecular formula is C9H11ClN4O2S. The number of hydrogen-bond donors (Lipinski definition) is 0. The zero-order valence-electron chi connectivity index (χ0n) is 9.12. The third-order valence-corrected chi connectivity index (χ3v) is 4.46. The van der Waals surface area contributed by atoms with E-state index in [1.54, 1.807) is 31.3 Å². The largest absolute Gasteiger partial charge is 1.00 e. The molecule has 0 amide bonds. The maximum Gasteiger partial charge on any atom is 0.385 e. The van der Waals surface area contributed by atoms with E-state index in [1.165, 1.54) is 8.61 Å². The van der Waals surface area contributed by atoms with Crippen molar-refractivity contribution in [1.82, 2.24) is 4.31 Å². The molecule has 1 aromatic rings. The van der Waals surface area contributed by atoms with E-state index in [1.807, 2.05) is 0 Å². The van der Waals surface area contributed by atoms with Crippen LogP contribution in [0.25, 0.3) is 4.98 Å². The topological polar surface area (TPSA) is 68.8 Å². The van der Waals surface area contributed by atoms with E-state index in [9.17, 15) is 8.42 Å². The molecule has 0 atom stereocenters. The lowest BCUT2D eigenvalue weighted by Gasteiger charge is -2.17. The number of anilines is 1. The van der Waals surface area contributed by atoms with Crippen LogP contribution < -0.4 is 16.7 Å². The van der Waals surface area contributed by atoms with Crippen LogP contribution in [0.4, 0.5) is 11.4 Å². The van der Waals surface area contributed by atoms with Gasteiger partial charge in [0.05, 0.1) is 5.69 Å². The Balaban J connectivity index is 0.00000144. The summed E-state index contributed by atoms with van der Waals surface area (Å²) in [6.07, 6.45) is 0. The third kappa shape index (κ3) is 2.34. The summed E-state index contributed by atoms with van der Waals surface area (Å²) < 4.78 is 26.3. The van der Waals surface area contributed by atoms with Gasteiger partial charge in [0.25, 0.3) is 0 Å². The first-order valence-corrected chi connectivity index (χ1v) is 6.14. The van der Waals surface area contributed by atoms with Crippen LogP contribution in [0.5, 0.6) is 0 Å². The van der Waals surface area contributed by atoms with E-state index in [0.29, 0.717) is 24.5 Å². The molecule has 6 nitrogen and oxygen atoms in total. The van der Waals surface area contributed by atoms with Gasteiger partial charge in [0.15, 0.2) is 4.98 Å². The van der Waals surface area contributed by atoms with Crippen molar-refractivity contribution in [2.45, 2.75) is 0 Å². The number of benzene rings is 1. The second-order valence-electron chi connectivity index (χ2n) is 3.52. The first-order chi connectivity index (χ1) is 7.55. The van der Waals surface area contributed by atoms with Crippen molar-refractivity contribution in [3.63, 3.8) is 0 Å². The Hall–Kier alpha value is -1.36. The molecular weight excluding hydrogens is 264 g/mol. The van der Waals surface area contributed by atoms with Crippen molar-refractivity contribution in [3.8, 4) is 0 Å². The van der Waals surface area contributed by atoms with Crippen LogP contribution in [-0.4, -0.2) is 32.9 Å². The van der Waals surface area contributed by atoms with Crippen molar-refractivity contribution < 1.29 is 20.8 Å².